The van der Waals surface area contributed by atoms with Crippen LogP contribution in [0.1, 0.15) is 6.92 Å². The minimum atomic E-state index is -3.58. The van der Waals surface area contributed by atoms with E-state index in [2.05, 4.69) is 0 Å². The van der Waals surface area contributed by atoms with Crippen LogP contribution >= 0.6 is 0 Å². The average molecular weight is 386 g/mol. The van der Waals surface area contributed by atoms with Crippen molar-refractivity contribution in [1.29, 1.82) is 0 Å². The van der Waals surface area contributed by atoms with Gasteiger partial charge in [-0.25, -0.2) is 8.42 Å². The molecule has 0 N–H and O–H groups in total. The number of carbonyl (C=O) groups is 1. The van der Waals surface area contributed by atoms with E-state index < -0.39 is 10.0 Å². The molecule has 0 aromatic heterocycles. The van der Waals surface area contributed by atoms with Crippen molar-refractivity contribution in [3.8, 4) is 5.75 Å². The van der Waals surface area contributed by atoms with Crippen molar-refractivity contribution in [2.45, 2.75) is 11.8 Å². The highest BCUT2D eigenvalue weighted by molar-refractivity contribution is 7.89. The van der Waals surface area contributed by atoms with Gasteiger partial charge in [0.15, 0.2) is 0 Å². The number of methoxy groups -OCH3 is 1. The number of carbonyl (C=O) groups excluding carboxylic acids is 1. The lowest BCUT2D eigenvalue weighted by molar-refractivity contribution is -0.137. The van der Waals surface area contributed by atoms with Crippen LogP contribution in [0, 0.1) is 0 Å². The van der Waals surface area contributed by atoms with Gasteiger partial charge in [0.2, 0.25) is 15.9 Å². The molecule has 0 bridgehead atoms. The summed E-state index contributed by atoms with van der Waals surface area (Å²) in [7, 11) is -2.01. The van der Waals surface area contributed by atoms with E-state index in [0.29, 0.717) is 38.7 Å². The summed E-state index contributed by atoms with van der Waals surface area (Å²) in [6, 6.07) is 6.38. The molecular formula is C17H26N2O6S. The summed E-state index contributed by atoms with van der Waals surface area (Å²) in [4.78, 5) is 13.9. The molecule has 0 aliphatic carbocycles. The zero-order chi connectivity index (χ0) is 19.0. The van der Waals surface area contributed by atoms with E-state index in [-0.39, 0.29) is 30.5 Å². The zero-order valence-electron chi connectivity index (χ0n) is 15.2. The Morgan fingerprint density at radius 3 is 2.31 bits per heavy atom. The van der Waals surface area contributed by atoms with Crippen molar-refractivity contribution in [1.82, 2.24) is 9.21 Å². The van der Waals surface area contributed by atoms with Gasteiger partial charge in [-0.3, -0.25) is 4.79 Å². The molecule has 1 fully saturated rings. The molecule has 1 aromatic carbocycles. The third-order valence-corrected chi connectivity index (χ3v) is 5.93. The number of hydrogen-bond acceptors (Lipinski definition) is 6. The number of benzene rings is 1. The highest BCUT2D eigenvalue weighted by Crippen LogP contribution is 2.21. The van der Waals surface area contributed by atoms with Crippen LogP contribution in [0.2, 0.25) is 0 Å². The predicted octanol–water partition coefficient (Wildman–Crippen LogP) is 0.581. The van der Waals surface area contributed by atoms with Crippen LogP contribution in [0.15, 0.2) is 29.2 Å². The Morgan fingerprint density at radius 1 is 1.08 bits per heavy atom. The summed E-state index contributed by atoms with van der Waals surface area (Å²) < 4.78 is 42.3. The van der Waals surface area contributed by atoms with E-state index in [1.54, 1.807) is 36.3 Å². The quantitative estimate of drug-likeness (QED) is 0.577. The van der Waals surface area contributed by atoms with Gasteiger partial charge >= 0.3 is 0 Å². The molecule has 0 radical (unpaired) electrons. The number of nitrogens with zero attached hydrogens (tertiary/aromatic N) is 2. The van der Waals surface area contributed by atoms with Crippen LogP contribution in [-0.2, 0) is 24.3 Å². The summed E-state index contributed by atoms with van der Waals surface area (Å²) in [5.41, 5.74) is 0. The summed E-state index contributed by atoms with van der Waals surface area (Å²) in [6.07, 6.45) is 0. The summed E-state index contributed by atoms with van der Waals surface area (Å²) >= 11 is 0. The molecule has 0 spiro atoms. The summed E-state index contributed by atoms with van der Waals surface area (Å²) in [6.45, 7) is 4.39. The van der Waals surface area contributed by atoms with Crippen LogP contribution < -0.4 is 4.74 Å². The minimum Gasteiger partial charge on any atom is -0.494 e. The second-order valence-electron chi connectivity index (χ2n) is 5.73. The fourth-order valence-electron chi connectivity index (χ4n) is 2.59. The molecular weight excluding hydrogens is 360 g/mol. The average Bonchev–Trinajstić information content (AvgIpc) is 2.66. The third kappa shape index (κ3) is 5.41. The molecule has 1 aliphatic heterocycles. The Bertz CT molecular complexity index is 669. The molecule has 0 unspecified atom stereocenters. The largest absolute Gasteiger partial charge is 0.494 e. The molecule has 9 heteroatoms. The number of rotatable bonds is 9. The molecule has 0 saturated carbocycles. The normalized spacial score (nSPS) is 15.8. The first-order valence-electron chi connectivity index (χ1n) is 8.56. The van der Waals surface area contributed by atoms with E-state index in [1.807, 2.05) is 6.92 Å². The van der Waals surface area contributed by atoms with Crippen molar-refractivity contribution >= 4 is 15.9 Å². The zero-order valence-corrected chi connectivity index (χ0v) is 16.0. The molecule has 1 aromatic rings. The van der Waals surface area contributed by atoms with Gasteiger partial charge < -0.3 is 19.1 Å². The molecule has 8 nitrogen and oxygen atoms in total. The Labute approximate surface area is 154 Å². The van der Waals surface area contributed by atoms with Crippen LogP contribution in [0.4, 0.5) is 0 Å². The van der Waals surface area contributed by atoms with Crippen LogP contribution in [-0.4, -0.2) is 83.2 Å². The van der Waals surface area contributed by atoms with Crippen LogP contribution in [0.25, 0.3) is 0 Å². The molecule has 1 saturated heterocycles. The number of piperazine rings is 1. The maximum Gasteiger partial charge on any atom is 0.248 e. The van der Waals surface area contributed by atoms with Gasteiger partial charge in [0.05, 0.1) is 24.7 Å². The molecule has 26 heavy (non-hydrogen) atoms. The fraction of sp³-hybridized carbons (Fsp3) is 0.588. The monoisotopic (exact) mass is 386 g/mol. The first-order valence-corrected chi connectivity index (χ1v) is 10.0. The Balaban J connectivity index is 1.88. The number of ether oxygens (including phenoxy) is 3. The van der Waals surface area contributed by atoms with Crippen molar-refractivity contribution in [2.24, 2.45) is 0 Å². The van der Waals surface area contributed by atoms with Gasteiger partial charge in [-0.15, -0.1) is 0 Å². The van der Waals surface area contributed by atoms with Gasteiger partial charge in [0, 0.05) is 33.3 Å². The van der Waals surface area contributed by atoms with Gasteiger partial charge in [-0.2, -0.15) is 4.31 Å². The topological polar surface area (TPSA) is 85.4 Å². The maximum atomic E-state index is 12.7. The lowest BCUT2D eigenvalue weighted by Crippen LogP contribution is -2.51. The SMILES string of the molecule is CCOc1ccc(S(=O)(=O)N2CCN(C(=O)COCCOC)CC2)cc1. The van der Waals surface area contributed by atoms with Gasteiger partial charge in [0.25, 0.3) is 0 Å². The van der Waals surface area contributed by atoms with Crippen LogP contribution in [0.3, 0.4) is 0 Å². The van der Waals surface area contributed by atoms with Crippen molar-refractivity contribution in [3.05, 3.63) is 24.3 Å². The van der Waals surface area contributed by atoms with E-state index in [1.165, 1.54) is 4.31 Å². The van der Waals surface area contributed by atoms with Crippen molar-refractivity contribution < 1.29 is 27.4 Å². The van der Waals surface area contributed by atoms with E-state index in [0.717, 1.165) is 0 Å². The first-order chi connectivity index (χ1) is 12.5. The van der Waals surface area contributed by atoms with E-state index >= 15 is 0 Å². The fourth-order valence-corrected chi connectivity index (χ4v) is 4.02. The van der Waals surface area contributed by atoms with Crippen molar-refractivity contribution in [3.63, 3.8) is 0 Å². The van der Waals surface area contributed by atoms with Gasteiger partial charge in [-0.1, -0.05) is 0 Å². The highest BCUT2D eigenvalue weighted by Gasteiger charge is 2.30. The molecule has 1 amide bonds. The number of sulfonamides is 1. The Morgan fingerprint density at radius 2 is 1.73 bits per heavy atom. The Hall–Kier alpha value is -1.68. The highest BCUT2D eigenvalue weighted by atomic mass is 32.2. The number of hydrogen-bond donors (Lipinski definition) is 0. The Kier molecular flexibility index (Phi) is 7.83. The molecule has 1 aliphatic rings. The van der Waals surface area contributed by atoms with Crippen LogP contribution in [0.5, 0.6) is 5.75 Å². The van der Waals surface area contributed by atoms with Gasteiger partial charge in [0.1, 0.15) is 12.4 Å². The smallest absolute Gasteiger partial charge is 0.248 e. The standard InChI is InChI=1S/C17H26N2O6S/c1-3-25-15-4-6-16(7-5-15)26(21,22)19-10-8-18(9-11-19)17(20)14-24-13-12-23-2/h4-7H,3,8-14H2,1-2H3. The number of amides is 1. The second kappa shape index (κ2) is 9.86. The maximum absolute atomic E-state index is 12.7. The third-order valence-electron chi connectivity index (χ3n) is 4.02. The van der Waals surface area contributed by atoms with E-state index in [4.69, 9.17) is 14.2 Å². The lowest BCUT2D eigenvalue weighted by Gasteiger charge is -2.34. The first kappa shape index (κ1) is 20.6. The summed E-state index contributed by atoms with van der Waals surface area (Å²) in [5.74, 6) is 0.495. The van der Waals surface area contributed by atoms with E-state index in [9.17, 15) is 13.2 Å². The molecule has 2 rings (SSSR count). The molecule has 146 valence electrons. The predicted molar refractivity (Wildman–Crippen MR) is 95.6 cm³/mol. The van der Waals surface area contributed by atoms with Gasteiger partial charge in [-0.05, 0) is 31.2 Å². The second-order valence-corrected chi connectivity index (χ2v) is 7.67. The molecule has 0 atom stereocenters. The summed E-state index contributed by atoms with van der Waals surface area (Å²) in [5, 5.41) is 0. The molecule has 1 heterocycles. The lowest BCUT2D eigenvalue weighted by atomic mass is 10.3. The minimum absolute atomic E-state index is 0.0188. The van der Waals surface area contributed by atoms with Crippen molar-refractivity contribution in [2.75, 3.05) is 59.7 Å².